The lowest BCUT2D eigenvalue weighted by Crippen LogP contribution is -2.34. The third-order valence-corrected chi connectivity index (χ3v) is 5.67. The van der Waals surface area contributed by atoms with Gasteiger partial charge >= 0.3 is 5.97 Å². The van der Waals surface area contributed by atoms with Crippen LogP contribution in [0.15, 0.2) is 23.1 Å². The molecule has 1 aliphatic heterocycles. The Labute approximate surface area is 163 Å². The van der Waals surface area contributed by atoms with Gasteiger partial charge in [0.2, 0.25) is 10.0 Å². The van der Waals surface area contributed by atoms with Crippen molar-refractivity contribution in [1.82, 2.24) is 10.0 Å². The van der Waals surface area contributed by atoms with Crippen LogP contribution in [0.5, 0.6) is 0 Å². The van der Waals surface area contributed by atoms with Gasteiger partial charge in [-0.25, -0.2) is 17.9 Å². The summed E-state index contributed by atoms with van der Waals surface area (Å²) in [6.07, 6.45) is 1.49. The maximum atomic E-state index is 12.5. The number of carbonyl (C=O) groups is 2. The van der Waals surface area contributed by atoms with Crippen molar-refractivity contribution >= 4 is 33.5 Å². The van der Waals surface area contributed by atoms with Crippen LogP contribution in [0, 0.1) is 0 Å². The fourth-order valence-electron chi connectivity index (χ4n) is 2.50. The molecule has 8 nitrogen and oxygen atoms in total. The number of rotatable bonds is 8. The van der Waals surface area contributed by atoms with Crippen LogP contribution in [0.25, 0.3) is 0 Å². The summed E-state index contributed by atoms with van der Waals surface area (Å²) >= 11 is 6.00. The minimum Gasteiger partial charge on any atom is -0.452 e. The molecule has 0 aliphatic carbocycles. The average Bonchev–Trinajstić information content (AvgIpc) is 3.11. The van der Waals surface area contributed by atoms with E-state index in [-0.39, 0.29) is 34.2 Å². The van der Waals surface area contributed by atoms with Crippen molar-refractivity contribution in [3.63, 3.8) is 0 Å². The molecule has 2 rings (SSSR count). The number of amides is 1. The molecule has 0 spiro atoms. The summed E-state index contributed by atoms with van der Waals surface area (Å²) in [5.74, 6) is -1.26. The fraction of sp³-hybridized carbons (Fsp3) is 0.529. The molecule has 1 aliphatic rings. The molecule has 1 amide bonds. The first-order chi connectivity index (χ1) is 12.7. The zero-order chi connectivity index (χ0) is 20.0. The van der Waals surface area contributed by atoms with Gasteiger partial charge in [0.05, 0.1) is 16.7 Å². The molecule has 0 saturated carbocycles. The number of ether oxygens (including phenoxy) is 2. The van der Waals surface area contributed by atoms with E-state index in [0.717, 1.165) is 18.9 Å². The summed E-state index contributed by atoms with van der Waals surface area (Å²) in [5, 5.41) is 2.56. The first-order valence-corrected chi connectivity index (χ1v) is 10.4. The maximum Gasteiger partial charge on any atom is 0.338 e. The fourth-order valence-corrected chi connectivity index (χ4v) is 4.09. The van der Waals surface area contributed by atoms with Crippen LogP contribution in [-0.4, -0.2) is 52.2 Å². The van der Waals surface area contributed by atoms with E-state index in [1.165, 1.54) is 12.1 Å². The highest BCUT2D eigenvalue weighted by Gasteiger charge is 2.24. The lowest BCUT2D eigenvalue weighted by molar-refractivity contribution is -0.124. The quantitative estimate of drug-likeness (QED) is 0.618. The van der Waals surface area contributed by atoms with E-state index in [0.29, 0.717) is 6.61 Å². The van der Waals surface area contributed by atoms with E-state index in [1.807, 2.05) is 0 Å². The smallest absolute Gasteiger partial charge is 0.338 e. The number of esters is 1. The van der Waals surface area contributed by atoms with Crippen LogP contribution in [-0.2, 0) is 24.3 Å². The van der Waals surface area contributed by atoms with Gasteiger partial charge in [0.1, 0.15) is 4.90 Å². The normalized spacial score (nSPS) is 17.1. The van der Waals surface area contributed by atoms with Gasteiger partial charge in [-0.1, -0.05) is 11.6 Å². The molecule has 0 bridgehead atoms. The largest absolute Gasteiger partial charge is 0.452 e. The van der Waals surface area contributed by atoms with E-state index in [2.05, 4.69) is 10.0 Å². The number of halogens is 1. The highest BCUT2D eigenvalue weighted by Crippen LogP contribution is 2.23. The topological polar surface area (TPSA) is 111 Å². The van der Waals surface area contributed by atoms with Crippen molar-refractivity contribution in [3.05, 3.63) is 28.8 Å². The number of hydrogen-bond acceptors (Lipinski definition) is 6. The SMILES string of the molecule is CC(C)NC(=O)COC(=O)c1ccc(Cl)c(S(=O)(=O)NC[C@@H]2CCCO2)c1. The summed E-state index contributed by atoms with van der Waals surface area (Å²) in [5.41, 5.74) is -0.0192. The van der Waals surface area contributed by atoms with Crippen LogP contribution >= 0.6 is 11.6 Å². The van der Waals surface area contributed by atoms with Crippen LogP contribution in [0.2, 0.25) is 5.02 Å². The number of benzene rings is 1. The molecular weight excluding hydrogens is 396 g/mol. The average molecular weight is 419 g/mol. The third-order valence-electron chi connectivity index (χ3n) is 3.77. The molecule has 1 fully saturated rings. The van der Waals surface area contributed by atoms with Crippen molar-refractivity contribution in [2.75, 3.05) is 19.8 Å². The molecule has 0 radical (unpaired) electrons. The van der Waals surface area contributed by atoms with Crippen molar-refractivity contribution in [1.29, 1.82) is 0 Å². The van der Waals surface area contributed by atoms with Crippen molar-refractivity contribution in [3.8, 4) is 0 Å². The lowest BCUT2D eigenvalue weighted by atomic mass is 10.2. The maximum absolute atomic E-state index is 12.5. The van der Waals surface area contributed by atoms with Gasteiger partial charge in [0.25, 0.3) is 5.91 Å². The standard InChI is InChI=1S/C17H23ClN2O6S/c1-11(2)20-16(21)10-26-17(22)12-5-6-14(18)15(8-12)27(23,24)19-9-13-4-3-7-25-13/h5-6,8,11,13,19H,3-4,7,9-10H2,1-2H3,(H,20,21)/t13-/m0/s1. The summed E-state index contributed by atoms with van der Waals surface area (Å²) in [4.78, 5) is 23.4. The van der Waals surface area contributed by atoms with Crippen molar-refractivity contribution < 1.29 is 27.5 Å². The van der Waals surface area contributed by atoms with Crippen LogP contribution in [0.1, 0.15) is 37.0 Å². The Morgan fingerprint density at radius 3 is 2.74 bits per heavy atom. The first kappa shape index (κ1) is 21.6. The number of hydrogen-bond donors (Lipinski definition) is 2. The third kappa shape index (κ3) is 6.46. The molecule has 0 aromatic heterocycles. The van der Waals surface area contributed by atoms with Gasteiger partial charge in [-0.2, -0.15) is 0 Å². The Balaban J connectivity index is 2.05. The predicted octanol–water partition coefficient (Wildman–Crippen LogP) is 1.48. The van der Waals surface area contributed by atoms with Gasteiger partial charge in [0, 0.05) is 19.2 Å². The number of carbonyl (C=O) groups excluding carboxylic acids is 2. The van der Waals surface area contributed by atoms with E-state index in [1.54, 1.807) is 13.8 Å². The van der Waals surface area contributed by atoms with E-state index in [4.69, 9.17) is 21.1 Å². The predicted molar refractivity (Wildman–Crippen MR) is 99.2 cm³/mol. The second-order valence-electron chi connectivity index (χ2n) is 6.43. The van der Waals surface area contributed by atoms with Gasteiger partial charge < -0.3 is 14.8 Å². The Kier molecular flexibility index (Phi) is 7.60. The minimum absolute atomic E-state index is 0.0192. The van der Waals surface area contributed by atoms with Crippen molar-refractivity contribution in [2.45, 2.75) is 43.7 Å². The lowest BCUT2D eigenvalue weighted by Gasteiger charge is -2.13. The molecule has 0 unspecified atom stereocenters. The summed E-state index contributed by atoms with van der Waals surface area (Å²) in [6, 6.07) is 3.68. The zero-order valence-electron chi connectivity index (χ0n) is 15.2. The Morgan fingerprint density at radius 2 is 2.11 bits per heavy atom. The molecule has 1 aromatic rings. The highest BCUT2D eigenvalue weighted by molar-refractivity contribution is 7.89. The summed E-state index contributed by atoms with van der Waals surface area (Å²) in [6.45, 7) is 3.83. The summed E-state index contributed by atoms with van der Waals surface area (Å²) in [7, 11) is -3.93. The van der Waals surface area contributed by atoms with Crippen LogP contribution < -0.4 is 10.0 Å². The molecule has 1 aromatic carbocycles. The summed E-state index contributed by atoms with van der Waals surface area (Å²) < 4.78 is 37.7. The first-order valence-electron chi connectivity index (χ1n) is 8.56. The van der Waals surface area contributed by atoms with Crippen molar-refractivity contribution in [2.24, 2.45) is 0 Å². The molecule has 150 valence electrons. The molecule has 2 N–H and O–H groups in total. The second-order valence-corrected chi connectivity index (χ2v) is 8.57. The minimum atomic E-state index is -3.93. The Bertz CT molecular complexity index is 791. The van der Waals surface area contributed by atoms with E-state index in [9.17, 15) is 18.0 Å². The van der Waals surface area contributed by atoms with E-state index >= 15 is 0 Å². The molecule has 10 heteroatoms. The van der Waals surface area contributed by atoms with E-state index < -0.39 is 28.5 Å². The molecule has 1 saturated heterocycles. The van der Waals surface area contributed by atoms with Gasteiger partial charge in [0.15, 0.2) is 6.61 Å². The molecular formula is C17H23ClN2O6S. The van der Waals surface area contributed by atoms with Crippen LogP contribution in [0.4, 0.5) is 0 Å². The number of sulfonamides is 1. The second kappa shape index (κ2) is 9.50. The molecule has 1 heterocycles. The molecule has 27 heavy (non-hydrogen) atoms. The molecule has 1 atom stereocenters. The van der Waals surface area contributed by atoms with Gasteiger partial charge in [-0.3, -0.25) is 4.79 Å². The Hall–Kier alpha value is -1.68. The van der Waals surface area contributed by atoms with Gasteiger partial charge in [-0.15, -0.1) is 0 Å². The zero-order valence-corrected chi connectivity index (χ0v) is 16.7. The highest BCUT2D eigenvalue weighted by atomic mass is 35.5. The van der Waals surface area contributed by atoms with Crippen LogP contribution in [0.3, 0.4) is 0 Å². The van der Waals surface area contributed by atoms with Gasteiger partial charge in [-0.05, 0) is 44.9 Å². The number of nitrogens with one attached hydrogen (secondary N) is 2. The Morgan fingerprint density at radius 1 is 1.37 bits per heavy atom. The monoisotopic (exact) mass is 418 g/mol.